The average Bonchev–Trinajstić information content (AvgIpc) is 3.17. The number of rotatable bonds is 13. The van der Waals surface area contributed by atoms with Crippen molar-refractivity contribution in [3.8, 4) is 0 Å². The van der Waals surface area contributed by atoms with E-state index in [1.807, 2.05) is 0 Å². The third-order valence-corrected chi connectivity index (χ3v) is 7.23. The number of ether oxygens (including phenoxy) is 3. The molecule has 1 aromatic rings. The number of aryl methyl sites for hydroxylation is 1. The van der Waals surface area contributed by atoms with Gasteiger partial charge in [-0.25, -0.2) is 9.36 Å². The fourth-order valence-electron chi connectivity index (χ4n) is 3.50. The van der Waals surface area contributed by atoms with Crippen molar-refractivity contribution in [2.45, 2.75) is 45.6 Å². The van der Waals surface area contributed by atoms with Gasteiger partial charge in [0.25, 0.3) is 5.56 Å². The Labute approximate surface area is 215 Å². The highest BCUT2D eigenvalue weighted by Crippen LogP contribution is 2.49. The van der Waals surface area contributed by atoms with Crippen molar-refractivity contribution in [3.63, 3.8) is 0 Å². The van der Waals surface area contributed by atoms with E-state index >= 15 is 0 Å². The Morgan fingerprint density at radius 1 is 1.13 bits per heavy atom. The van der Waals surface area contributed by atoms with Crippen LogP contribution in [0.4, 0.5) is 0 Å². The maximum absolute atomic E-state index is 12.6. The summed E-state index contributed by atoms with van der Waals surface area (Å²) in [5.41, 5.74) is -4.03. The SMILES string of the molecule is CCOC(=O)C(COP(=O)(O)OC[C@H]1O[C@@H](n2cc(C)c(=O)[nH]c2=O)C[C@@H]1O)(CP(=O)(O)O)C(=O)OCC. The minimum absolute atomic E-state index is 0.146. The molecule has 1 aliphatic rings. The van der Waals surface area contributed by atoms with Gasteiger partial charge in [-0.1, -0.05) is 0 Å². The Morgan fingerprint density at radius 3 is 2.24 bits per heavy atom. The number of carbonyl (C=O) groups excluding carboxylic acids is 2. The molecule has 4 atom stereocenters. The molecular formula is C19H30N2O15P2. The van der Waals surface area contributed by atoms with E-state index in [0.29, 0.717) is 0 Å². The first-order valence-electron chi connectivity index (χ1n) is 11.2. The molecule has 19 heteroatoms. The van der Waals surface area contributed by atoms with Crippen LogP contribution in [0.2, 0.25) is 0 Å². The molecule has 0 spiro atoms. The molecule has 0 radical (unpaired) electrons. The third-order valence-electron chi connectivity index (χ3n) is 5.34. The fraction of sp³-hybridized carbons (Fsp3) is 0.684. The van der Waals surface area contributed by atoms with Crippen molar-refractivity contribution in [2.24, 2.45) is 5.41 Å². The van der Waals surface area contributed by atoms with Gasteiger partial charge in [-0.2, -0.15) is 0 Å². The van der Waals surface area contributed by atoms with Crippen LogP contribution in [0.1, 0.15) is 32.1 Å². The number of carbonyl (C=O) groups is 2. The summed E-state index contributed by atoms with van der Waals surface area (Å²) in [6.07, 6.45) is -3.97. The zero-order chi connectivity index (χ0) is 28.9. The molecule has 1 saturated heterocycles. The summed E-state index contributed by atoms with van der Waals surface area (Å²) in [7, 11) is -10.3. The van der Waals surface area contributed by atoms with Crippen molar-refractivity contribution < 1.29 is 61.8 Å². The van der Waals surface area contributed by atoms with E-state index in [2.05, 4.69) is 4.98 Å². The first-order chi connectivity index (χ1) is 17.5. The summed E-state index contributed by atoms with van der Waals surface area (Å²) < 4.78 is 49.8. The number of aromatic amines is 1. The number of aliphatic hydroxyl groups is 1. The Bertz CT molecular complexity index is 1200. The van der Waals surface area contributed by atoms with Crippen LogP contribution in [0.3, 0.4) is 0 Å². The highest BCUT2D eigenvalue weighted by atomic mass is 31.2. The summed E-state index contributed by atoms with van der Waals surface area (Å²) in [5.74, 6) is -2.92. The van der Waals surface area contributed by atoms with Gasteiger partial charge in [0.2, 0.25) is 0 Å². The lowest BCUT2D eigenvalue weighted by Gasteiger charge is -2.29. The molecule has 1 unspecified atom stereocenters. The van der Waals surface area contributed by atoms with Crippen LogP contribution in [-0.4, -0.2) is 86.1 Å². The minimum atomic E-state index is -5.14. The highest BCUT2D eigenvalue weighted by Gasteiger charge is 2.55. The number of nitrogens with one attached hydrogen (secondary N) is 1. The van der Waals surface area contributed by atoms with Crippen LogP contribution < -0.4 is 11.2 Å². The minimum Gasteiger partial charge on any atom is -0.465 e. The lowest BCUT2D eigenvalue weighted by molar-refractivity contribution is -0.173. The number of hydrogen-bond acceptors (Lipinski definition) is 12. The third kappa shape index (κ3) is 8.15. The quantitative estimate of drug-likeness (QED) is 0.104. The van der Waals surface area contributed by atoms with E-state index in [1.165, 1.54) is 27.0 Å². The average molecular weight is 588 g/mol. The lowest BCUT2D eigenvalue weighted by atomic mass is 9.92. The van der Waals surface area contributed by atoms with E-state index in [4.69, 9.17) is 23.3 Å². The van der Waals surface area contributed by atoms with E-state index in [1.54, 1.807) is 0 Å². The van der Waals surface area contributed by atoms with Crippen LogP contribution in [0.5, 0.6) is 0 Å². The van der Waals surface area contributed by atoms with Crippen molar-refractivity contribution in [1.29, 1.82) is 0 Å². The fourth-order valence-corrected chi connectivity index (χ4v) is 5.34. The number of phosphoric ester groups is 1. The van der Waals surface area contributed by atoms with Crippen molar-refractivity contribution in [2.75, 3.05) is 32.6 Å². The number of H-pyrrole nitrogens is 1. The molecule has 38 heavy (non-hydrogen) atoms. The zero-order valence-corrected chi connectivity index (χ0v) is 22.5. The summed E-state index contributed by atoms with van der Waals surface area (Å²) in [6.45, 7) is 1.43. The maximum atomic E-state index is 12.6. The molecule has 17 nitrogen and oxygen atoms in total. The zero-order valence-electron chi connectivity index (χ0n) is 20.7. The van der Waals surface area contributed by atoms with Gasteiger partial charge in [-0.05, 0) is 20.8 Å². The van der Waals surface area contributed by atoms with Gasteiger partial charge in [-0.15, -0.1) is 0 Å². The van der Waals surface area contributed by atoms with Gasteiger partial charge >= 0.3 is 33.0 Å². The molecule has 1 fully saturated rings. The van der Waals surface area contributed by atoms with E-state index in [0.717, 1.165) is 4.57 Å². The molecule has 0 aromatic carbocycles. The standard InChI is InChI=1S/C19H30N2O15P2/c1-4-32-16(24)19(10-37(27,28)29,17(25)33-5-2)9-35-38(30,31)34-8-13-12(22)6-14(36-13)21-7-11(3)15(23)20-18(21)26/h7,12-14,22H,4-6,8-10H2,1-3H3,(H,30,31)(H,20,23,26)(H2,27,28,29)/t12-,13+,14+/m0/s1. The van der Waals surface area contributed by atoms with Crippen LogP contribution >= 0.6 is 15.4 Å². The Balaban J connectivity index is 2.16. The van der Waals surface area contributed by atoms with E-state index in [-0.39, 0.29) is 25.2 Å². The molecule has 0 amide bonds. The van der Waals surface area contributed by atoms with E-state index in [9.17, 15) is 48.1 Å². The monoisotopic (exact) mass is 588 g/mol. The van der Waals surface area contributed by atoms with Crippen molar-refractivity contribution >= 4 is 27.4 Å². The normalized spacial score (nSPS) is 21.6. The predicted molar refractivity (Wildman–Crippen MR) is 125 cm³/mol. The van der Waals surface area contributed by atoms with Gasteiger partial charge in [0.1, 0.15) is 12.3 Å². The molecule has 0 aliphatic carbocycles. The van der Waals surface area contributed by atoms with Gasteiger partial charge in [-0.3, -0.25) is 37.5 Å². The second-order valence-electron chi connectivity index (χ2n) is 8.29. The number of hydrogen-bond donors (Lipinski definition) is 5. The number of aromatic nitrogens is 2. The van der Waals surface area contributed by atoms with Crippen LogP contribution in [-0.2, 0) is 42.0 Å². The number of nitrogens with zero attached hydrogens (tertiary/aromatic N) is 1. The van der Waals surface area contributed by atoms with Crippen molar-refractivity contribution in [3.05, 3.63) is 32.6 Å². The Morgan fingerprint density at radius 2 is 1.71 bits per heavy atom. The predicted octanol–water partition coefficient (Wildman–Crippen LogP) is -1.08. The molecular weight excluding hydrogens is 558 g/mol. The maximum Gasteiger partial charge on any atom is 0.472 e. The van der Waals surface area contributed by atoms with Gasteiger partial charge < -0.3 is 34.0 Å². The molecule has 0 saturated carbocycles. The van der Waals surface area contributed by atoms with Gasteiger partial charge in [0.15, 0.2) is 5.41 Å². The topological polar surface area (TPSA) is 250 Å². The summed E-state index contributed by atoms with van der Waals surface area (Å²) >= 11 is 0. The largest absolute Gasteiger partial charge is 0.472 e. The molecule has 1 aromatic heterocycles. The Hall–Kier alpha value is -2.20. The first-order valence-corrected chi connectivity index (χ1v) is 14.5. The van der Waals surface area contributed by atoms with Crippen molar-refractivity contribution in [1.82, 2.24) is 9.55 Å². The van der Waals surface area contributed by atoms with Crippen LogP contribution in [0.25, 0.3) is 0 Å². The molecule has 216 valence electrons. The summed E-state index contributed by atoms with van der Waals surface area (Å²) in [4.78, 5) is 79.9. The molecule has 5 N–H and O–H groups in total. The number of aliphatic hydroxyl groups excluding tert-OH is 1. The molecule has 1 aliphatic heterocycles. The summed E-state index contributed by atoms with van der Waals surface area (Å²) in [6, 6.07) is 0. The smallest absolute Gasteiger partial charge is 0.465 e. The second kappa shape index (κ2) is 12.8. The Kier molecular flexibility index (Phi) is 10.8. The first kappa shape index (κ1) is 32.0. The molecule has 2 heterocycles. The molecule has 0 bridgehead atoms. The lowest BCUT2D eigenvalue weighted by Crippen LogP contribution is -2.48. The summed E-state index contributed by atoms with van der Waals surface area (Å²) in [5, 5.41) is 10.3. The number of esters is 2. The van der Waals surface area contributed by atoms with Gasteiger partial charge in [0.05, 0.1) is 38.7 Å². The highest BCUT2D eigenvalue weighted by molar-refractivity contribution is 7.51. The van der Waals surface area contributed by atoms with Crippen LogP contribution in [0.15, 0.2) is 15.8 Å². The number of phosphoric acid groups is 1. The second-order valence-corrected chi connectivity index (χ2v) is 11.4. The van der Waals surface area contributed by atoms with Gasteiger partial charge in [0, 0.05) is 18.2 Å². The van der Waals surface area contributed by atoms with E-state index < -0.39 is 81.8 Å². The molecule has 2 rings (SSSR count). The van der Waals surface area contributed by atoms with Crippen LogP contribution in [0, 0.1) is 12.3 Å².